The van der Waals surface area contributed by atoms with Crippen LogP contribution in [0.5, 0.6) is 0 Å². The van der Waals surface area contributed by atoms with Crippen LogP contribution in [0.2, 0.25) is 5.02 Å². The third-order valence-corrected chi connectivity index (χ3v) is 6.46. The van der Waals surface area contributed by atoms with Gasteiger partial charge in [-0.05, 0) is 66.8 Å². The summed E-state index contributed by atoms with van der Waals surface area (Å²) in [6.07, 6.45) is 0.781. The largest absolute Gasteiger partial charge is 0.336 e. The van der Waals surface area contributed by atoms with Gasteiger partial charge in [0.2, 0.25) is 0 Å². The number of aryl methyl sites for hydroxylation is 2. The van der Waals surface area contributed by atoms with Crippen LogP contribution in [0.15, 0.2) is 66.4 Å². The molecule has 160 valence electrons. The topological polar surface area (TPSA) is 40.6 Å². The Labute approximate surface area is 190 Å². The zero-order chi connectivity index (χ0) is 22.6. The zero-order valence-electron chi connectivity index (χ0n) is 17.7. The average molecular weight is 447 g/mol. The van der Waals surface area contributed by atoms with E-state index in [1.165, 1.54) is 12.1 Å². The highest BCUT2D eigenvalue weighted by atomic mass is 35.5. The summed E-state index contributed by atoms with van der Waals surface area (Å²) < 4.78 is 13.8. The summed E-state index contributed by atoms with van der Waals surface area (Å²) in [5.74, 6) is -1.49. The van der Waals surface area contributed by atoms with E-state index in [0.29, 0.717) is 23.4 Å². The first kappa shape index (κ1) is 20.5. The second kappa shape index (κ2) is 7.61. The number of para-hydroxylation sites is 1. The lowest BCUT2D eigenvalue weighted by atomic mass is 9.99. The number of benzene rings is 3. The molecule has 32 heavy (non-hydrogen) atoms. The van der Waals surface area contributed by atoms with Gasteiger partial charge in [-0.3, -0.25) is 9.59 Å². The van der Waals surface area contributed by atoms with Gasteiger partial charge < -0.3 is 4.90 Å². The molecular weight excluding hydrogens is 427 g/mol. The fourth-order valence-electron chi connectivity index (χ4n) is 4.35. The number of rotatable bonds is 3. The van der Waals surface area contributed by atoms with Crippen molar-refractivity contribution >= 4 is 40.4 Å². The molecule has 0 N–H and O–H groups in total. The highest BCUT2D eigenvalue weighted by Gasteiger charge is 2.44. The Morgan fingerprint density at radius 1 is 0.906 bits per heavy atom. The molecule has 0 unspecified atom stereocenters. The van der Waals surface area contributed by atoms with E-state index in [0.717, 1.165) is 39.8 Å². The van der Waals surface area contributed by atoms with Crippen LogP contribution in [0.1, 0.15) is 22.3 Å². The molecule has 0 bridgehead atoms. The van der Waals surface area contributed by atoms with Crippen molar-refractivity contribution in [2.45, 2.75) is 20.3 Å². The minimum Gasteiger partial charge on any atom is -0.336 e. The second-order valence-corrected chi connectivity index (χ2v) is 8.50. The maximum absolute atomic E-state index is 13.8. The Morgan fingerprint density at radius 2 is 1.69 bits per heavy atom. The van der Waals surface area contributed by atoms with E-state index in [-0.39, 0.29) is 10.7 Å². The number of carbonyl (C=O) groups excluding carboxylic acids is 2. The SMILES string of the molecule is Cc1ccc(C2=C(N3CCc4ccccc43)C(=O)N(c3ccc(F)c(Cl)c3)C2=O)cc1C. The number of imide groups is 1. The van der Waals surface area contributed by atoms with Gasteiger partial charge in [-0.25, -0.2) is 9.29 Å². The van der Waals surface area contributed by atoms with Gasteiger partial charge in [0.15, 0.2) is 0 Å². The highest BCUT2D eigenvalue weighted by molar-refractivity contribution is 6.46. The van der Waals surface area contributed by atoms with E-state index in [1.54, 1.807) is 0 Å². The van der Waals surface area contributed by atoms with Gasteiger partial charge in [0.05, 0.1) is 16.3 Å². The van der Waals surface area contributed by atoms with Gasteiger partial charge in [0.25, 0.3) is 11.8 Å². The van der Waals surface area contributed by atoms with Crippen LogP contribution in [0, 0.1) is 19.7 Å². The molecule has 0 saturated heterocycles. The molecule has 0 saturated carbocycles. The second-order valence-electron chi connectivity index (χ2n) is 8.10. The first-order chi connectivity index (χ1) is 15.4. The predicted molar refractivity (Wildman–Crippen MR) is 124 cm³/mol. The van der Waals surface area contributed by atoms with E-state index in [2.05, 4.69) is 0 Å². The van der Waals surface area contributed by atoms with E-state index in [9.17, 15) is 14.0 Å². The summed E-state index contributed by atoms with van der Waals surface area (Å²) in [5, 5.41) is -0.143. The van der Waals surface area contributed by atoms with Gasteiger partial charge >= 0.3 is 0 Å². The Morgan fingerprint density at radius 3 is 2.44 bits per heavy atom. The number of nitrogens with zero attached hydrogens (tertiary/aromatic N) is 2. The minimum absolute atomic E-state index is 0.143. The minimum atomic E-state index is -0.606. The lowest BCUT2D eigenvalue weighted by Crippen LogP contribution is -2.34. The van der Waals surface area contributed by atoms with Crippen molar-refractivity contribution in [1.82, 2.24) is 0 Å². The molecule has 0 aliphatic carbocycles. The van der Waals surface area contributed by atoms with Gasteiger partial charge in [0.1, 0.15) is 11.5 Å². The molecule has 2 heterocycles. The van der Waals surface area contributed by atoms with E-state index in [4.69, 9.17) is 11.6 Å². The average Bonchev–Trinajstić information content (AvgIpc) is 3.30. The summed E-state index contributed by atoms with van der Waals surface area (Å²) in [7, 11) is 0. The van der Waals surface area contributed by atoms with Crippen molar-refractivity contribution in [1.29, 1.82) is 0 Å². The number of amides is 2. The van der Waals surface area contributed by atoms with Crippen LogP contribution >= 0.6 is 11.6 Å². The highest BCUT2D eigenvalue weighted by Crippen LogP contribution is 2.40. The fraction of sp³-hybridized carbons (Fsp3) is 0.154. The van der Waals surface area contributed by atoms with E-state index >= 15 is 0 Å². The number of carbonyl (C=O) groups is 2. The quantitative estimate of drug-likeness (QED) is 0.503. The van der Waals surface area contributed by atoms with Crippen LogP contribution < -0.4 is 9.80 Å². The van der Waals surface area contributed by atoms with Crippen molar-refractivity contribution < 1.29 is 14.0 Å². The zero-order valence-corrected chi connectivity index (χ0v) is 18.4. The fourth-order valence-corrected chi connectivity index (χ4v) is 4.53. The maximum atomic E-state index is 13.8. The summed E-state index contributed by atoms with van der Waals surface area (Å²) in [6.45, 7) is 4.57. The Balaban J connectivity index is 1.70. The number of anilines is 2. The normalized spacial score (nSPS) is 15.8. The molecule has 3 aromatic rings. The van der Waals surface area contributed by atoms with Crippen LogP contribution in [-0.2, 0) is 16.0 Å². The summed E-state index contributed by atoms with van der Waals surface area (Å²) >= 11 is 5.96. The Bertz CT molecular complexity index is 1330. The maximum Gasteiger partial charge on any atom is 0.282 e. The number of hydrogen-bond acceptors (Lipinski definition) is 3. The Kier molecular flexibility index (Phi) is 4.86. The van der Waals surface area contributed by atoms with Gasteiger partial charge in [-0.2, -0.15) is 0 Å². The van der Waals surface area contributed by atoms with Crippen molar-refractivity contribution in [2.24, 2.45) is 0 Å². The molecule has 0 aromatic heterocycles. The molecule has 4 nitrogen and oxygen atoms in total. The molecule has 5 rings (SSSR count). The lowest BCUT2D eigenvalue weighted by Gasteiger charge is -2.22. The third-order valence-electron chi connectivity index (χ3n) is 6.17. The van der Waals surface area contributed by atoms with E-state index in [1.807, 2.05) is 61.2 Å². The smallest absolute Gasteiger partial charge is 0.282 e. The first-order valence-electron chi connectivity index (χ1n) is 10.4. The molecule has 0 spiro atoms. The van der Waals surface area contributed by atoms with Crippen LogP contribution in [0.25, 0.3) is 5.57 Å². The van der Waals surface area contributed by atoms with Crippen LogP contribution in [-0.4, -0.2) is 18.4 Å². The lowest BCUT2D eigenvalue weighted by molar-refractivity contribution is -0.120. The van der Waals surface area contributed by atoms with Crippen molar-refractivity contribution in [3.63, 3.8) is 0 Å². The van der Waals surface area contributed by atoms with Crippen molar-refractivity contribution in [2.75, 3.05) is 16.3 Å². The van der Waals surface area contributed by atoms with Gasteiger partial charge in [-0.15, -0.1) is 0 Å². The number of hydrogen-bond donors (Lipinski definition) is 0. The Hall–Kier alpha value is -3.44. The molecule has 6 heteroatoms. The molecule has 0 fully saturated rings. The molecule has 0 atom stereocenters. The van der Waals surface area contributed by atoms with Crippen LogP contribution in [0.3, 0.4) is 0 Å². The van der Waals surface area contributed by atoms with Crippen molar-refractivity contribution in [3.05, 3.63) is 99.5 Å². The number of halogens is 2. The summed E-state index contributed by atoms with van der Waals surface area (Å²) in [5.41, 5.74) is 5.78. The van der Waals surface area contributed by atoms with E-state index < -0.39 is 17.6 Å². The molecule has 2 aliphatic rings. The molecule has 2 amide bonds. The monoisotopic (exact) mass is 446 g/mol. The third kappa shape index (κ3) is 3.12. The standard InChI is InChI=1S/C26H20ClFN2O2/c1-15-7-8-18(13-16(15)2)23-24(29-12-11-17-5-3-4-6-22(17)29)26(32)30(25(23)31)19-9-10-21(28)20(27)14-19/h3-10,13-14H,11-12H2,1-2H3. The van der Waals surface area contributed by atoms with Gasteiger partial charge in [-0.1, -0.05) is 48.0 Å². The summed E-state index contributed by atoms with van der Waals surface area (Å²) in [6, 6.07) is 17.5. The predicted octanol–water partition coefficient (Wildman–Crippen LogP) is 5.44. The van der Waals surface area contributed by atoms with Gasteiger partial charge in [0, 0.05) is 12.2 Å². The molecular formula is C26H20ClFN2O2. The molecule has 2 aliphatic heterocycles. The summed E-state index contributed by atoms with van der Waals surface area (Å²) in [4.78, 5) is 30.4. The molecule has 0 radical (unpaired) electrons. The number of fused-ring (bicyclic) bond motifs is 1. The first-order valence-corrected chi connectivity index (χ1v) is 10.8. The molecule has 3 aromatic carbocycles. The van der Waals surface area contributed by atoms with Crippen LogP contribution in [0.4, 0.5) is 15.8 Å². The van der Waals surface area contributed by atoms with Crippen molar-refractivity contribution in [3.8, 4) is 0 Å².